The van der Waals surface area contributed by atoms with Gasteiger partial charge in [0.25, 0.3) is 0 Å². The van der Waals surface area contributed by atoms with Gasteiger partial charge in [-0.3, -0.25) is 0 Å². The number of hydrogen-bond donors (Lipinski definition) is 2. The molecule has 3 N–H and O–H groups in total. The number of aryl methyl sites for hydroxylation is 2. The summed E-state index contributed by atoms with van der Waals surface area (Å²) in [6, 6.07) is 7.08. The Morgan fingerprint density at radius 3 is 2.28 bits per heavy atom. The number of para-hydroxylation sites is 1. The molecule has 0 saturated heterocycles. The van der Waals surface area contributed by atoms with Crippen LogP contribution in [0.15, 0.2) is 24.3 Å². The van der Waals surface area contributed by atoms with Gasteiger partial charge in [0, 0.05) is 11.4 Å². The highest BCUT2D eigenvalue weighted by Gasteiger charge is 2.11. The Hall–Kier alpha value is -1.94. The molecule has 0 atom stereocenters. The van der Waals surface area contributed by atoms with Gasteiger partial charge in [0.05, 0.1) is 5.56 Å². The second-order valence-electron chi connectivity index (χ2n) is 4.25. The molecule has 94 valence electrons. The molecule has 0 saturated carbocycles. The standard InChI is InChI=1S/C14H17N3O/c1-9-11(7-8-15)10(2)17-14(16-9)12-5-3-4-6-13(12)18/h3-6,18H,7-8,15H2,1-2H3. The summed E-state index contributed by atoms with van der Waals surface area (Å²) in [5, 5.41) is 9.82. The highest BCUT2D eigenvalue weighted by atomic mass is 16.3. The Bertz CT molecular complexity index is 544. The first kappa shape index (κ1) is 12.5. The lowest BCUT2D eigenvalue weighted by molar-refractivity contribution is 0.477. The molecular formula is C14H17N3O. The molecule has 0 fully saturated rings. The van der Waals surface area contributed by atoms with Gasteiger partial charge in [-0.05, 0) is 44.5 Å². The van der Waals surface area contributed by atoms with Gasteiger partial charge in [-0.15, -0.1) is 0 Å². The van der Waals surface area contributed by atoms with Gasteiger partial charge in [0.15, 0.2) is 5.82 Å². The van der Waals surface area contributed by atoms with Crippen molar-refractivity contribution >= 4 is 0 Å². The molecule has 0 aliphatic rings. The van der Waals surface area contributed by atoms with E-state index in [1.54, 1.807) is 12.1 Å². The van der Waals surface area contributed by atoms with Crippen molar-refractivity contribution in [3.63, 3.8) is 0 Å². The highest BCUT2D eigenvalue weighted by molar-refractivity contribution is 5.63. The van der Waals surface area contributed by atoms with Crippen molar-refractivity contribution in [1.82, 2.24) is 9.97 Å². The van der Waals surface area contributed by atoms with Crippen LogP contribution in [0.25, 0.3) is 11.4 Å². The van der Waals surface area contributed by atoms with Crippen LogP contribution in [0.5, 0.6) is 5.75 Å². The van der Waals surface area contributed by atoms with Crippen molar-refractivity contribution in [2.45, 2.75) is 20.3 Å². The Morgan fingerprint density at radius 2 is 1.72 bits per heavy atom. The molecule has 0 aliphatic carbocycles. The van der Waals surface area contributed by atoms with Crippen LogP contribution in [-0.4, -0.2) is 21.6 Å². The summed E-state index contributed by atoms with van der Waals surface area (Å²) in [5.41, 5.74) is 9.17. The van der Waals surface area contributed by atoms with E-state index in [2.05, 4.69) is 9.97 Å². The molecule has 0 aliphatic heterocycles. The van der Waals surface area contributed by atoms with Crippen molar-refractivity contribution in [2.24, 2.45) is 5.73 Å². The van der Waals surface area contributed by atoms with Gasteiger partial charge in [0.1, 0.15) is 5.75 Å². The van der Waals surface area contributed by atoms with Crippen LogP contribution in [0, 0.1) is 13.8 Å². The first-order valence-electron chi connectivity index (χ1n) is 5.96. The third-order valence-corrected chi connectivity index (χ3v) is 2.96. The minimum atomic E-state index is 0.197. The Morgan fingerprint density at radius 1 is 1.11 bits per heavy atom. The maximum Gasteiger partial charge on any atom is 0.163 e. The molecule has 2 rings (SSSR count). The van der Waals surface area contributed by atoms with Gasteiger partial charge in [-0.2, -0.15) is 0 Å². The quantitative estimate of drug-likeness (QED) is 0.864. The predicted molar refractivity (Wildman–Crippen MR) is 71.4 cm³/mol. The number of nitrogens with zero attached hydrogens (tertiary/aromatic N) is 2. The summed E-state index contributed by atoms with van der Waals surface area (Å²) in [4.78, 5) is 8.91. The van der Waals surface area contributed by atoms with E-state index in [0.717, 1.165) is 23.4 Å². The van der Waals surface area contributed by atoms with E-state index in [9.17, 15) is 5.11 Å². The summed E-state index contributed by atoms with van der Waals surface area (Å²) in [6.07, 6.45) is 0.777. The minimum Gasteiger partial charge on any atom is -0.507 e. The molecule has 0 amide bonds. The van der Waals surface area contributed by atoms with Crippen LogP contribution in [0.3, 0.4) is 0 Å². The lowest BCUT2D eigenvalue weighted by Gasteiger charge is -2.10. The minimum absolute atomic E-state index is 0.197. The zero-order chi connectivity index (χ0) is 13.1. The van der Waals surface area contributed by atoms with Crippen LogP contribution < -0.4 is 5.73 Å². The van der Waals surface area contributed by atoms with Crippen molar-refractivity contribution < 1.29 is 5.11 Å². The number of hydrogen-bond acceptors (Lipinski definition) is 4. The zero-order valence-corrected chi connectivity index (χ0v) is 10.6. The predicted octanol–water partition coefficient (Wildman–Crippen LogP) is 1.97. The van der Waals surface area contributed by atoms with Crippen molar-refractivity contribution in [1.29, 1.82) is 0 Å². The van der Waals surface area contributed by atoms with E-state index < -0.39 is 0 Å². The average Bonchev–Trinajstić information content (AvgIpc) is 2.34. The summed E-state index contributed by atoms with van der Waals surface area (Å²) in [5.74, 6) is 0.756. The van der Waals surface area contributed by atoms with Gasteiger partial charge >= 0.3 is 0 Å². The smallest absolute Gasteiger partial charge is 0.163 e. The zero-order valence-electron chi connectivity index (χ0n) is 10.6. The Labute approximate surface area is 107 Å². The van der Waals surface area contributed by atoms with Crippen molar-refractivity contribution in [3.05, 3.63) is 41.2 Å². The molecule has 0 unspecified atom stereocenters. The van der Waals surface area contributed by atoms with Gasteiger partial charge in [-0.25, -0.2) is 9.97 Å². The molecule has 4 heteroatoms. The van der Waals surface area contributed by atoms with Crippen molar-refractivity contribution in [2.75, 3.05) is 6.54 Å². The molecule has 18 heavy (non-hydrogen) atoms. The van der Waals surface area contributed by atoms with E-state index in [0.29, 0.717) is 17.9 Å². The largest absolute Gasteiger partial charge is 0.507 e. The molecular weight excluding hydrogens is 226 g/mol. The first-order chi connectivity index (χ1) is 8.63. The number of benzene rings is 1. The van der Waals surface area contributed by atoms with Crippen LogP contribution in [-0.2, 0) is 6.42 Å². The fourth-order valence-corrected chi connectivity index (χ4v) is 2.03. The van der Waals surface area contributed by atoms with E-state index in [-0.39, 0.29) is 5.75 Å². The monoisotopic (exact) mass is 243 g/mol. The number of nitrogens with two attached hydrogens (primary N) is 1. The van der Waals surface area contributed by atoms with E-state index in [1.165, 1.54) is 0 Å². The van der Waals surface area contributed by atoms with E-state index in [1.807, 2.05) is 26.0 Å². The first-order valence-corrected chi connectivity index (χ1v) is 5.96. The summed E-state index contributed by atoms with van der Waals surface area (Å²) < 4.78 is 0. The molecule has 1 aromatic heterocycles. The summed E-state index contributed by atoms with van der Waals surface area (Å²) in [6.45, 7) is 4.48. The number of aromatic hydroxyl groups is 1. The molecule has 4 nitrogen and oxygen atoms in total. The third-order valence-electron chi connectivity index (χ3n) is 2.96. The van der Waals surface area contributed by atoms with Gasteiger partial charge in [-0.1, -0.05) is 12.1 Å². The second-order valence-corrected chi connectivity index (χ2v) is 4.25. The number of aromatic nitrogens is 2. The Balaban J connectivity index is 2.52. The third kappa shape index (κ3) is 2.33. The Kier molecular flexibility index (Phi) is 3.58. The fourth-order valence-electron chi connectivity index (χ4n) is 2.03. The number of phenolic OH excluding ortho intramolecular Hbond substituents is 1. The molecule has 2 aromatic rings. The normalized spacial score (nSPS) is 10.6. The van der Waals surface area contributed by atoms with Crippen molar-refractivity contribution in [3.8, 4) is 17.1 Å². The number of rotatable bonds is 3. The van der Waals surface area contributed by atoms with Gasteiger partial charge < -0.3 is 10.8 Å². The van der Waals surface area contributed by atoms with Gasteiger partial charge in [0.2, 0.25) is 0 Å². The van der Waals surface area contributed by atoms with Crippen LogP contribution in [0.4, 0.5) is 0 Å². The maximum atomic E-state index is 9.82. The van der Waals surface area contributed by atoms with Crippen LogP contribution >= 0.6 is 0 Å². The SMILES string of the molecule is Cc1nc(-c2ccccc2O)nc(C)c1CCN. The topological polar surface area (TPSA) is 72.0 Å². The molecule has 1 aromatic carbocycles. The average molecular weight is 243 g/mol. The summed E-state index contributed by atoms with van der Waals surface area (Å²) in [7, 11) is 0. The lowest BCUT2D eigenvalue weighted by Crippen LogP contribution is -2.09. The van der Waals surface area contributed by atoms with Crippen LogP contribution in [0.2, 0.25) is 0 Å². The lowest BCUT2D eigenvalue weighted by atomic mass is 10.1. The molecule has 0 spiro atoms. The number of phenols is 1. The van der Waals surface area contributed by atoms with E-state index in [4.69, 9.17) is 5.73 Å². The molecule has 1 heterocycles. The fraction of sp³-hybridized carbons (Fsp3) is 0.286. The maximum absolute atomic E-state index is 9.82. The highest BCUT2D eigenvalue weighted by Crippen LogP contribution is 2.26. The van der Waals surface area contributed by atoms with E-state index >= 15 is 0 Å². The second kappa shape index (κ2) is 5.14. The molecule has 0 bridgehead atoms. The summed E-state index contributed by atoms with van der Waals surface area (Å²) >= 11 is 0. The van der Waals surface area contributed by atoms with Crippen LogP contribution in [0.1, 0.15) is 17.0 Å². The molecule has 0 radical (unpaired) electrons.